The Balaban J connectivity index is 1.45. The lowest BCUT2D eigenvalue weighted by Crippen LogP contribution is -2.37. The number of carbonyl (C=O) groups is 1. The highest BCUT2D eigenvalue weighted by molar-refractivity contribution is 5.76. The topological polar surface area (TPSA) is 58.4 Å². The van der Waals surface area contributed by atoms with E-state index in [0.29, 0.717) is 18.7 Å². The molecular formula is C20H27N3O2. The number of benzene rings is 1. The third-order valence-electron chi connectivity index (χ3n) is 4.53. The van der Waals surface area contributed by atoms with Crippen molar-refractivity contribution in [2.75, 3.05) is 18.0 Å². The Bertz CT molecular complexity index is 703. The fourth-order valence-electron chi connectivity index (χ4n) is 3.04. The van der Waals surface area contributed by atoms with Crippen LogP contribution in [0.2, 0.25) is 0 Å². The van der Waals surface area contributed by atoms with Crippen molar-refractivity contribution in [1.29, 1.82) is 0 Å². The fourth-order valence-corrected chi connectivity index (χ4v) is 3.04. The summed E-state index contributed by atoms with van der Waals surface area (Å²) in [5, 5.41) is 3.14. The number of oxazole rings is 1. The van der Waals surface area contributed by atoms with Crippen molar-refractivity contribution in [3.05, 3.63) is 48.2 Å². The fraction of sp³-hybridized carbons (Fsp3) is 0.500. The van der Waals surface area contributed by atoms with Crippen LogP contribution in [0.3, 0.4) is 0 Å². The molecule has 1 aromatic heterocycles. The van der Waals surface area contributed by atoms with Gasteiger partial charge in [0.25, 0.3) is 0 Å². The quantitative estimate of drug-likeness (QED) is 0.906. The molecule has 5 nitrogen and oxygen atoms in total. The van der Waals surface area contributed by atoms with Crippen LogP contribution in [-0.4, -0.2) is 30.0 Å². The van der Waals surface area contributed by atoms with Crippen LogP contribution < -0.4 is 10.2 Å². The number of nitrogens with zero attached hydrogens (tertiary/aromatic N) is 2. The molecule has 1 atom stereocenters. The Morgan fingerprint density at radius 3 is 2.76 bits per heavy atom. The van der Waals surface area contributed by atoms with Gasteiger partial charge in [0.15, 0.2) is 5.89 Å². The number of rotatable bonds is 5. The van der Waals surface area contributed by atoms with Crippen LogP contribution >= 0.6 is 0 Å². The van der Waals surface area contributed by atoms with Crippen LogP contribution in [0, 0.1) is 0 Å². The smallest absolute Gasteiger partial charge is 0.220 e. The predicted molar refractivity (Wildman–Crippen MR) is 98.7 cm³/mol. The summed E-state index contributed by atoms with van der Waals surface area (Å²) in [6.07, 6.45) is 3.69. The molecule has 1 fully saturated rings. The Kier molecular flexibility index (Phi) is 5.11. The van der Waals surface area contributed by atoms with Crippen molar-refractivity contribution < 1.29 is 9.21 Å². The third kappa shape index (κ3) is 4.62. The molecule has 2 heterocycles. The molecule has 1 amide bonds. The number of hydrogen-bond donors (Lipinski definition) is 1. The summed E-state index contributed by atoms with van der Waals surface area (Å²) in [7, 11) is 0. The van der Waals surface area contributed by atoms with Gasteiger partial charge >= 0.3 is 0 Å². The molecule has 1 aliphatic heterocycles. The monoisotopic (exact) mass is 341 g/mol. The molecule has 2 aromatic rings. The summed E-state index contributed by atoms with van der Waals surface area (Å²) < 4.78 is 5.74. The molecule has 3 rings (SSSR count). The van der Waals surface area contributed by atoms with E-state index in [4.69, 9.17) is 4.42 Å². The van der Waals surface area contributed by atoms with Gasteiger partial charge in [-0.05, 0) is 18.6 Å². The number of anilines is 1. The van der Waals surface area contributed by atoms with Crippen LogP contribution in [0.25, 0.3) is 0 Å². The number of amides is 1. The van der Waals surface area contributed by atoms with Crippen molar-refractivity contribution in [2.24, 2.45) is 0 Å². The molecular weight excluding hydrogens is 314 g/mol. The molecule has 1 unspecified atom stereocenters. The van der Waals surface area contributed by atoms with Crippen LogP contribution in [0.4, 0.5) is 5.69 Å². The Morgan fingerprint density at radius 1 is 1.32 bits per heavy atom. The van der Waals surface area contributed by atoms with E-state index < -0.39 is 0 Å². The van der Waals surface area contributed by atoms with E-state index in [1.165, 1.54) is 5.69 Å². The van der Waals surface area contributed by atoms with E-state index in [1.54, 1.807) is 6.20 Å². The second-order valence-electron chi connectivity index (χ2n) is 7.70. The minimum absolute atomic E-state index is 0.0573. The second-order valence-corrected chi connectivity index (χ2v) is 7.70. The van der Waals surface area contributed by atoms with E-state index in [-0.39, 0.29) is 17.4 Å². The van der Waals surface area contributed by atoms with Crippen molar-refractivity contribution in [2.45, 2.75) is 51.5 Å². The largest absolute Gasteiger partial charge is 0.445 e. The first-order valence-corrected chi connectivity index (χ1v) is 8.96. The lowest BCUT2D eigenvalue weighted by Gasteiger charge is -2.18. The zero-order valence-electron chi connectivity index (χ0n) is 15.3. The highest BCUT2D eigenvalue weighted by atomic mass is 16.4. The molecule has 5 heteroatoms. The van der Waals surface area contributed by atoms with E-state index >= 15 is 0 Å². The lowest BCUT2D eigenvalue weighted by molar-refractivity contribution is -0.121. The number of carbonyl (C=O) groups excluding carboxylic acids is 1. The van der Waals surface area contributed by atoms with Gasteiger partial charge in [-0.25, -0.2) is 4.98 Å². The van der Waals surface area contributed by atoms with Gasteiger partial charge in [0.2, 0.25) is 5.91 Å². The van der Waals surface area contributed by atoms with E-state index in [9.17, 15) is 4.79 Å². The Labute approximate surface area is 149 Å². The molecule has 1 saturated heterocycles. The molecule has 0 bridgehead atoms. The highest BCUT2D eigenvalue weighted by Crippen LogP contribution is 2.23. The third-order valence-corrected chi connectivity index (χ3v) is 4.53. The van der Waals surface area contributed by atoms with Crippen molar-refractivity contribution in [3.8, 4) is 0 Å². The van der Waals surface area contributed by atoms with E-state index in [1.807, 2.05) is 18.2 Å². The number of aromatic nitrogens is 1. The maximum atomic E-state index is 12.2. The van der Waals surface area contributed by atoms with Crippen LogP contribution in [0.5, 0.6) is 0 Å². The first-order valence-electron chi connectivity index (χ1n) is 8.96. The molecule has 1 aromatic carbocycles. The van der Waals surface area contributed by atoms with Crippen LogP contribution in [0.15, 0.2) is 40.9 Å². The van der Waals surface area contributed by atoms with Crippen LogP contribution in [-0.2, 0) is 16.6 Å². The molecule has 0 aliphatic carbocycles. The number of aryl methyl sites for hydroxylation is 1. The van der Waals surface area contributed by atoms with Gasteiger partial charge in [0.1, 0.15) is 5.76 Å². The van der Waals surface area contributed by atoms with Crippen LogP contribution in [0.1, 0.15) is 45.3 Å². The summed E-state index contributed by atoms with van der Waals surface area (Å²) in [5.41, 5.74) is 1.16. The van der Waals surface area contributed by atoms with Crippen molar-refractivity contribution in [1.82, 2.24) is 10.3 Å². The SMILES string of the molecule is CC(C)(C)c1cnc(CCC(=O)NC2CCN(c3ccccc3)C2)o1. The molecule has 1 N–H and O–H groups in total. The maximum absolute atomic E-state index is 12.2. The van der Waals surface area contributed by atoms with Gasteiger partial charge in [-0.15, -0.1) is 0 Å². The summed E-state index contributed by atoms with van der Waals surface area (Å²) in [6, 6.07) is 10.5. The van der Waals surface area contributed by atoms with Crippen molar-refractivity contribution >= 4 is 11.6 Å². The summed E-state index contributed by atoms with van der Waals surface area (Å²) >= 11 is 0. The number of hydrogen-bond acceptors (Lipinski definition) is 4. The average Bonchev–Trinajstić information content (AvgIpc) is 3.23. The van der Waals surface area contributed by atoms with Gasteiger partial charge in [-0.3, -0.25) is 4.79 Å². The number of nitrogens with one attached hydrogen (secondary N) is 1. The molecule has 25 heavy (non-hydrogen) atoms. The minimum Gasteiger partial charge on any atom is -0.445 e. The molecule has 0 saturated carbocycles. The Morgan fingerprint density at radius 2 is 2.08 bits per heavy atom. The van der Waals surface area contributed by atoms with Gasteiger partial charge in [-0.2, -0.15) is 0 Å². The zero-order chi connectivity index (χ0) is 17.9. The molecule has 0 spiro atoms. The summed E-state index contributed by atoms with van der Waals surface area (Å²) in [6.45, 7) is 8.10. The van der Waals surface area contributed by atoms with E-state index in [0.717, 1.165) is 25.3 Å². The summed E-state index contributed by atoms with van der Waals surface area (Å²) in [5.74, 6) is 1.56. The summed E-state index contributed by atoms with van der Waals surface area (Å²) in [4.78, 5) is 18.8. The van der Waals surface area contributed by atoms with Gasteiger partial charge in [0, 0.05) is 43.1 Å². The van der Waals surface area contributed by atoms with Gasteiger partial charge in [0.05, 0.1) is 6.20 Å². The Hall–Kier alpha value is -2.30. The standard InChI is InChI=1S/C20H27N3O2/c1-20(2,3)17-13-21-19(25-17)10-9-18(24)22-15-11-12-23(14-15)16-7-5-4-6-8-16/h4-8,13,15H,9-12,14H2,1-3H3,(H,22,24). The zero-order valence-corrected chi connectivity index (χ0v) is 15.3. The van der Waals surface area contributed by atoms with E-state index in [2.05, 4.69) is 48.1 Å². The van der Waals surface area contributed by atoms with Gasteiger partial charge in [-0.1, -0.05) is 39.0 Å². The number of para-hydroxylation sites is 1. The normalized spacial score (nSPS) is 17.7. The first-order chi connectivity index (χ1) is 11.9. The molecule has 1 aliphatic rings. The maximum Gasteiger partial charge on any atom is 0.220 e. The molecule has 134 valence electrons. The van der Waals surface area contributed by atoms with Gasteiger partial charge < -0.3 is 14.6 Å². The minimum atomic E-state index is -0.0573. The molecule has 0 radical (unpaired) electrons. The average molecular weight is 341 g/mol. The second kappa shape index (κ2) is 7.30. The first kappa shape index (κ1) is 17.5. The predicted octanol–water partition coefficient (Wildman–Crippen LogP) is 3.30. The lowest BCUT2D eigenvalue weighted by atomic mass is 9.94. The van der Waals surface area contributed by atoms with Crippen molar-refractivity contribution in [3.63, 3.8) is 0 Å². The highest BCUT2D eigenvalue weighted by Gasteiger charge is 2.24.